The van der Waals surface area contributed by atoms with Crippen molar-refractivity contribution in [1.29, 1.82) is 0 Å². The van der Waals surface area contributed by atoms with E-state index in [-0.39, 0.29) is 4.90 Å². The molecule has 0 bridgehead atoms. The minimum atomic E-state index is -3.86. The highest BCUT2D eigenvalue weighted by atomic mass is 32.2. The van der Waals surface area contributed by atoms with Crippen LogP contribution in [0, 0.1) is 5.82 Å². The Balaban J connectivity index is 2.21. The first-order valence-corrected chi connectivity index (χ1v) is 8.92. The van der Waals surface area contributed by atoms with Crippen LogP contribution in [0.4, 0.5) is 4.39 Å². The number of hydrogen-bond donors (Lipinski definition) is 0. The molecule has 0 aliphatic carbocycles. The molecule has 0 aliphatic rings. The number of para-hydroxylation sites is 1. The van der Waals surface area contributed by atoms with Crippen molar-refractivity contribution in [3.05, 3.63) is 59.1 Å². The van der Waals surface area contributed by atoms with Gasteiger partial charge in [0.25, 0.3) is 10.0 Å². The Hall–Kier alpha value is -1.99. The van der Waals surface area contributed by atoms with Crippen LogP contribution >= 0.6 is 11.3 Å². The normalized spacial score (nSPS) is 12.9. The van der Waals surface area contributed by atoms with Crippen LogP contribution in [0.25, 0.3) is 10.2 Å². The molecule has 4 nitrogen and oxygen atoms in total. The van der Waals surface area contributed by atoms with Gasteiger partial charge in [-0.05, 0) is 43.3 Å². The fourth-order valence-corrected chi connectivity index (χ4v) is 4.46. The van der Waals surface area contributed by atoms with Crippen molar-refractivity contribution in [1.82, 2.24) is 4.57 Å². The zero-order valence-corrected chi connectivity index (χ0v) is 13.4. The fraction of sp³-hybridized carbons (Fsp3) is 0.133. The monoisotopic (exact) mass is 336 g/mol. The van der Waals surface area contributed by atoms with Crippen LogP contribution in [-0.4, -0.2) is 13.0 Å². The van der Waals surface area contributed by atoms with Crippen molar-refractivity contribution in [2.75, 3.05) is 0 Å². The molecule has 7 heteroatoms. The summed E-state index contributed by atoms with van der Waals surface area (Å²) in [4.78, 5) is 0.391. The van der Waals surface area contributed by atoms with Crippen LogP contribution in [0.1, 0.15) is 6.92 Å². The van der Waals surface area contributed by atoms with Crippen LogP contribution in [0.5, 0.6) is 0 Å². The van der Waals surface area contributed by atoms with E-state index in [0.29, 0.717) is 11.3 Å². The molecule has 1 aromatic heterocycles. The SMILES string of the molecule is CCn1/c(=N/S(=O)(=O)c2ccc(F)cc2)sc2ccccc21. The third-order valence-electron chi connectivity index (χ3n) is 3.21. The standard InChI is InChI=1S/C15H13FN2O2S2/c1-2-18-13-5-3-4-6-14(13)21-15(18)17-22(19,20)12-9-7-11(16)8-10-12/h3-10H,2H2,1H3/b17-15-. The highest BCUT2D eigenvalue weighted by Crippen LogP contribution is 2.18. The van der Waals surface area contributed by atoms with Crippen LogP contribution in [0.2, 0.25) is 0 Å². The lowest BCUT2D eigenvalue weighted by molar-refractivity contribution is 0.594. The number of rotatable bonds is 3. The Labute approximate surface area is 131 Å². The van der Waals surface area contributed by atoms with E-state index in [2.05, 4.69) is 4.40 Å². The van der Waals surface area contributed by atoms with Gasteiger partial charge in [-0.2, -0.15) is 8.42 Å². The van der Waals surface area contributed by atoms with Gasteiger partial charge in [-0.1, -0.05) is 23.5 Å². The van der Waals surface area contributed by atoms with Crippen molar-refractivity contribution in [3.8, 4) is 0 Å². The van der Waals surface area contributed by atoms with Gasteiger partial charge >= 0.3 is 0 Å². The number of sulfonamides is 1. The highest BCUT2D eigenvalue weighted by Gasteiger charge is 2.14. The van der Waals surface area contributed by atoms with Crippen molar-refractivity contribution < 1.29 is 12.8 Å². The summed E-state index contributed by atoms with van der Waals surface area (Å²) in [6, 6.07) is 12.3. The second kappa shape index (κ2) is 5.66. The highest BCUT2D eigenvalue weighted by molar-refractivity contribution is 7.90. The lowest BCUT2D eigenvalue weighted by atomic mass is 10.3. The summed E-state index contributed by atoms with van der Waals surface area (Å²) in [6.07, 6.45) is 0. The van der Waals surface area contributed by atoms with E-state index in [0.717, 1.165) is 22.3 Å². The third-order valence-corrected chi connectivity index (χ3v) is 5.67. The molecule has 3 aromatic rings. The maximum atomic E-state index is 12.9. The predicted octanol–water partition coefficient (Wildman–Crippen LogP) is 3.15. The van der Waals surface area contributed by atoms with Crippen LogP contribution in [0.15, 0.2) is 57.8 Å². The zero-order valence-electron chi connectivity index (χ0n) is 11.7. The Kier molecular flexibility index (Phi) is 3.84. The summed E-state index contributed by atoms with van der Waals surface area (Å²) in [5.74, 6) is -0.482. The van der Waals surface area contributed by atoms with Gasteiger partial charge in [0.15, 0.2) is 0 Å². The Morgan fingerprint density at radius 3 is 2.50 bits per heavy atom. The molecule has 0 saturated carbocycles. The summed E-state index contributed by atoms with van der Waals surface area (Å²) < 4.78 is 44.4. The van der Waals surface area contributed by atoms with Crippen molar-refractivity contribution >= 4 is 31.6 Å². The molecule has 0 spiro atoms. The molecular formula is C15H13FN2O2S2. The second-order valence-corrected chi connectivity index (χ2v) is 7.23. The van der Waals surface area contributed by atoms with E-state index < -0.39 is 15.8 Å². The molecule has 0 radical (unpaired) electrons. The molecule has 0 saturated heterocycles. The molecule has 0 fully saturated rings. The second-order valence-electron chi connectivity index (χ2n) is 4.62. The largest absolute Gasteiger partial charge is 0.316 e. The smallest absolute Gasteiger partial charge is 0.285 e. The van der Waals surface area contributed by atoms with Gasteiger partial charge < -0.3 is 4.57 Å². The van der Waals surface area contributed by atoms with Gasteiger partial charge in [0.2, 0.25) is 4.80 Å². The van der Waals surface area contributed by atoms with E-state index in [1.165, 1.54) is 23.5 Å². The number of aromatic nitrogens is 1. The van der Waals surface area contributed by atoms with E-state index in [9.17, 15) is 12.8 Å². The molecule has 2 aromatic carbocycles. The summed E-state index contributed by atoms with van der Waals surface area (Å²) >= 11 is 1.32. The maximum absolute atomic E-state index is 12.9. The number of halogens is 1. The van der Waals surface area contributed by atoms with Gasteiger partial charge in [-0.25, -0.2) is 4.39 Å². The number of hydrogen-bond acceptors (Lipinski definition) is 3. The Morgan fingerprint density at radius 2 is 1.82 bits per heavy atom. The molecule has 0 N–H and O–H groups in total. The molecule has 0 aliphatic heterocycles. The van der Waals surface area contributed by atoms with Crippen LogP contribution in [-0.2, 0) is 16.6 Å². The van der Waals surface area contributed by atoms with E-state index in [1.54, 1.807) is 0 Å². The number of fused-ring (bicyclic) bond motifs is 1. The molecular weight excluding hydrogens is 323 g/mol. The first-order chi connectivity index (χ1) is 10.5. The van der Waals surface area contributed by atoms with Crippen molar-refractivity contribution in [2.24, 2.45) is 4.40 Å². The Bertz CT molecular complexity index is 986. The van der Waals surface area contributed by atoms with E-state index >= 15 is 0 Å². The van der Waals surface area contributed by atoms with Gasteiger partial charge in [0.05, 0.1) is 15.1 Å². The molecule has 0 unspecified atom stereocenters. The van der Waals surface area contributed by atoms with Gasteiger partial charge in [-0.15, -0.1) is 4.40 Å². The number of aryl methyl sites for hydroxylation is 1. The van der Waals surface area contributed by atoms with Gasteiger partial charge in [0.1, 0.15) is 5.82 Å². The summed E-state index contributed by atoms with van der Waals surface area (Å²) in [5.41, 5.74) is 0.947. The predicted molar refractivity (Wildman–Crippen MR) is 84.6 cm³/mol. The molecule has 22 heavy (non-hydrogen) atoms. The zero-order chi connectivity index (χ0) is 15.7. The average molecular weight is 336 g/mol. The third kappa shape index (κ3) is 2.69. The number of nitrogens with zero attached hydrogens (tertiary/aromatic N) is 2. The molecule has 3 rings (SSSR count). The van der Waals surface area contributed by atoms with Gasteiger partial charge in [0, 0.05) is 6.54 Å². The lowest BCUT2D eigenvalue weighted by Crippen LogP contribution is -2.16. The summed E-state index contributed by atoms with van der Waals surface area (Å²) in [6.45, 7) is 2.55. The molecule has 114 valence electrons. The molecule has 1 heterocycles. The first kappa shape index (κ1) is 14.9. The van der Waals surface area contributed by atoms with Crippen LogP contribution in [0.3, 0.4) is 0 Å². The van der Waals surface area contributed by atoms with Crippen molar-refractivity contribution in [3.63, 3.8) is 0 Å². The first-order valence-electron chi connectivity index (χ1n) is 6.66. The number of benzene rings is 2. The quantitative estimate of drug-likeness (QED) is 0.738. The minimum Gasteiger partial charge on any atom is -0.316 e. The van der Waals surface area contributed by atoms with Crippen LogP contribution < -0.4 is 4.80 Å². The van der Waals surface area contributed by atoms with E-state index in [4.69, 9.17) is 0 Å². The van der Waals surface area contributed by atoms with Gasteiger partial charge in [-0.3, -0.25) is 0 Å². The maximum Gasteiger partial charge on any atom is 0.285 e. The lowest BCUT2D eigenvalue weighted by Gasteiger charge is -2.01. The summed E-state index contributed by atoms with van der Waals surface area (Å²) in [5, 5.41) is 0. The number of thiazole rings is 1. The van der Waals surface area contributed by atoms with E-state index in [1.807, 2.05) is 35.8 Å². The molecule has 0 atom stereocenters. The molecule has 0 amide bonds. The fourth-order valence-electron chi connectivity index (χ4n) is 2.16. The minimum absolute atomic E-state index is 0.0194. The Morgan fingerprint density at radius 1 is 1.14 bits per heavy atom. The average Bonchev–Trinajstić information content (AvgIpc) is 2.83. The topological polar surface area (TPSA) is 51.4 Å². The summed E-state index contributed by atoms with van der Waals surface area (Å²) in [7, 11) is -3.86. The van der Waals surface area contributed by atoms with Crippen molar-refractivity contribution in [2.45, 2.75) is 18.4 Å².